The van der Waals surface area contributed by atoms with Gasteiger partial charge >= 0.3 is 0 Å². The molecule has 11 heavy (non-hydrogen) atoms. The van der Waals surface area contributed by atoms with Crippen LogP contribution >= 0.6 is 0 Å². The zero-order valence-corrected chi connectivity index (χ0v) is 7.41. The highest BCUT2D eigenvalue weighted by atomic mass is 16.3. The minimum Gasteiger partial charge on any atom is -0.394 e. The second-order valence-electron chi connectivity index (χ2n) is 3.95. The first-order valence-electron chi connectivity index (χ1n) is 3.85. The van der Waals surface area contributed by atoms with Crippen LogP contribution in [0, 0.1) is 5.41 Å². The molecule has 0 aliphatic carbocycles. The fourth-order valence-electron chi connectivity index (χ4n) is 0.686. The van der Waals surface area contributed by atoms with Gasteiger partial charge in [0.1, 0.15) is 0 Å². The number of hydrogen-bond donors (Lipinski definition) is 3. The van der Waals surface area contributed by atoms with Crippen molar-refractivity contribution in [1.29, 1.82) is 0 Å². The molecule has 0 aliphatic rings. The molecule has 3 N–H and O–H groups in total. The Hall–Kier alpha value is -0.120. The quantitative estimate of drug-likeness (QED) is 0.553. The van der Waals surface area contributed by atoms with Crippen LogP contribution in [0.15, 0.2) is 0 Å². The Kier molecular flexibility index (Phi) is 4.00. The van der Waals surface area contributed by atoms with Gasteiger partial charge in [0.05, 0.1) is 18.8 Å². The maximum Gasteiger partial charge on any atom is 0.0795 e. The van der Waals surface area contributed by atoms with E-state index in [0.29, 0.717) is 0 Å². The van der Waals surface area contributed by atoms with E-state index in [-0.39, 0.29) is 18.4 Å². The Morgan fingerprint density at radius 2 is 1.64 bits per heavy atom. The molecule has 3 heteroatoms. The first-order chi connectivity index (χ1) is 4.88. The lowest BCUT2D eigenvalue weighted by molar-refractivity contribution is -0.00433. The second kappa shape index (κ2) is 4.04. The lowest BCUT2D eigenvalue weighted by atomic mass is 9.86. The Morgan fingerprint density at radius 1 is 1.18 bits per heavy atom. The van der Waals surface area contributed by atoms with Gasteiger partial charge in [-0.15, -0.1) is 0 Å². The molecule has 0 bridgehead atoms. The summed E-state index contributed by atoms with van der Waals surface area (Å²) in [5.41, 5.74) is -0.226. The molecule has 0 aromatic carbocycles. The van der Waals surface area contributed by atoms with Crippen LogP contribution in [0.5, 0.6) is 0 Å². The zero-order chi connectivity index (χ0) is 9.07. The summed E-state index contributed by atoms with van der Waals surface area (Å²) in [4.78, 5) is 0. The van der Waals surface area contributed by atoms with Crippen molar-refractivity contribution in [3.8, 4) is 0 Å². The van der Waals surface area contributed by atoms with Gasteiger partial charge in [-0.1, -0.05) is 20.8 Å². The molecule has 0 saturated carbocycles. The average molecular weight is 162 g/mol. The monoisotopic (exact) mass is 162 g/mol. The second-order valence-corrected chi connectivity index (χ2v) is 3.95. The highest BCUT2D eigenvalue weighted by Crippen LogP contribution is 2.22. The molecule has 0 rings (SSSR count). The van der Waals surface area contributed by atoms with Gasteiger partial charge < -0.3 is 15.3 Å². The predicted molar refractivity (Wildman–Crippen MR) is 43.2 cm³/mol. The van der Waals surface area contributed by atoms with Gasteiger partial charge in [-0.25, -0.2) is 0 Å². The number of hydrogen-bond acceptors (Lipinski definition) is 3. The van der Waals surface area contributed by atoms with E-state index in [9.17, 15) is 5.11 Å². The fourth-order valence-corrected chi connectivity index (χ4v) is 0.686. The molecule has 2 unspecified atom stereocenters. The van der Waals surface area contributed by atoms with Gasteiger partial charge in [-0.05, 0) is 5.41 Å². The smallest absolute Gasteiger partial charge is 0.0795 e. The molecule has 0 fully saturated rings. The van der Waals surface area contributed by atoms with Crippen molar-refractivity contribution in [2.75, 3.05) is 6.61 Å². The maximum absolute atomic E-state index is 9.42. The van der Waals surface area contributed by atoms with E-state index < -0.39 is 12.2 Å². The van der Waals surface area contributed by atoms with Crippen molar-refractivity contribution in [1.82, 2.24) is 0 Å². The highest BCUT2D eigenvalue weighted by molar-refractivity contribution is 4.75. The summed E-state index contributed by atoms with van der Waals surface area (Å²) in [5.74, 6) is 0. The molecular formula is C8H18O3. The molecule has 68 valence electrons. The minimum atomic E-state index is -0.802. The largest absolute Gasteiger partial charge is 0.394 e. The first-order valence-corrected chi connectivity index (χ1v) is 3.85. The molecule has 0 aliphatic heterocycles. The van der Waals surface area contributed by atoms with Gasteiger partial charge in [0.25, 0.3) is 0 Å². The minimum absolute atomic E-state index is 0.226. The van der Waals surface area contributed by atoms with E-state index in [2.05, 4.69) is 0 Å². The van der Waals surface area contributed by atoms with Crippen molar-refractivity contribution >= 4 is 0 Å². The third-order valence-electron chi connectivity index (χ3n) is 1.71. The van der Waals surface area contributed by atoms with E-state index >= 15 is 0 Å². The van der Waals surface area contributed by atoms with Crippen molar-refractivity contribution in [3.05, 3.63) is 0 Å². The summed E-state index contributed by atoms with van der Waals surface area (Å²) >= 11 is 0. The summed E-state index contributed by atoms with van der Waals surface area (Å²) < 4.78 is 0. The van der Waals surface area contributed by atoms with Gasteiger partial charge in [0.15, 0.2) is 0 Å². The SMILES string of the molecule is CC(C)(C)C(O)CC(O)CO. The van der Waals surface area contributed by atoms with E-state index in [1.807, 2.05) is 20.8 Å². The molecule has 0 spiro atoms. The van der Waals surface area contributed by atoms with Gasteiger partial charge in [-0.3, -0.25) is 0 Å². The molecule has 0 amide bonds. The molecule has 2 atom stereocenters. The molecule has 0 aromatic rings. The summed E-state index contributed by atoms with van der Waals surface area (Å²) in [7, 11) is 0. The molecule has 0 heterocycles. The topological polar surface area (TPSA) is 60.7 Å². The number of aliphatic hydroxyl groups is 3. The lowest BCUT2D eigenvalue weighted by Gasteiger charge is -2.27. The van der Waals surface area contributed by atoms with E-state index in [1.165, 1.54) is 0 Å². The van der Waals surface area contributed by atoms with Crippen LogP contribution < -0.4 is 0 Å². The molecular weight excluding hydrogens is 144 g/mol. The highest BCUT2D eigenvalue weighted by Gasteiger charge is 2.24. The third kappa shape index (κ3) is 4.35. The van der Waals surface area contributed by atoms with Crippen LogP contribution in [0.3, 0.4) is 0 Å². The average Bonchev–Trinajstić information content (AvgIpc) is 1.85. The van der Waals surface area contributed by atoms with Crippen molar-refractivity contribution in [2.24, 2.45) is 5.41 Å². The third-order valence-corrected chi connectivity index (χ3v) is 1.71. The molecule has 0 saturated heterocycles. The normalized spacial score (nSPS) is 18.0. The van der Waals surface area contributed by atoms with Crippen LogP contribution in [0.2, 0.25) is 0 Å². The number of rotatable bonds is 3. The summed E-state index contributed by atoms with van der Waals surface area (Å²) in [5, 5.41) is 26.9. The zero-order valence-electron chi connectivity index (χ0n) is 7.41. The fraction of sp³-hybridized carbons (Fsp3) is 1.00. The summed E-state index contributed by atoms with van der Waals surface area (Å²) in [6.07, 6.45) is -1.13. The van der Waals surface area contributed by atoms with E-state index in [0.717, 1.165) is 0 Å². The Labute approximate surface area is 67.7 Å². The van der Waals surface area contributed by atoms with Crippen LogP contribution in [-0.4, -0.2) is 34.1 Å². The Balaban J connectivity index is 3.77. The van der Waals surface area contributed by atoms with E-state index in [1.54, 1.807) is 0 Å². The van der Waals surface area contributed by atoms with E-state index in [4.69, 9.17) is 10.2 Å². The Bertz CT molecular complexity index is 106. The van der Waals surface area contributed by atoms with Gasteiger partial charge in [0.2, 0.25) is 0 Å². The van der Waals surface area contributed by atoms with Crippen LogP contribution in [0.4, 0.5) is 0 Å². The van der Waals surface area contributed by atoms with Crippen molar-refractivity contribution in [3.63, 3.8) is 0 Å². The molecule has 0 aromatic heterocycles. The van der Waals surface area contributed by atoms with Gasteiger partial charge in [-0.2, -0.15) is 0 Å². The van der Waals surface area contributed by atoms with Crippen molar-refractivity contribution < 1.29 is 15.3 Å². The van der Waals surface area contributed by atoms with Crippen LogP contribution in [0.1, 0.15) is 27.2 Å². The van der Waals surface area contributed by atoms with Gasteiger partial charge in [0, 0.05) is 6.42 Å². The first kappa shape index (κ1) is 10.9. The standard InChI is InChI=1S/C8H18O3/c1-8(2,3)7(11)4-6(10)5-9/h6-7,9-11H,4-5H2,1-3H3. The van der Waals surface area contributed by atoms with Crippen LogP contribution in [-0.2, 0) is 0 Å². The van der Waals surface area contributed by atoms with Crippen LogP contribution in [0.25, 0.3) is 0 Å². The Morgan fingerprint density at radius 3 is 1.91 bits per heavy atom. The molecule has 0 radical (unpaired) electrons. The summed E-state index contributed by atoms with van der Waals surface area (Å²) in [6, 6.07) is 0. The lowest BCUT2D eigenvalue weighted by Crippen LogP contribution is -2.31. The van der Waals surface area contributed by atoms with Crippen molar-refractivity contribution in [2.45, 2.75) is 39.4 Å². The number of aliphatic hydroxyl groups excluding tert-OH is 3. The summed E-state index contributed by atoms with van der Waals surface area (Å²) in [6.45, 7) is 5.39. The predicted octanol–water partition coefficient (Wildman–Crippen LogP) is 0.137. The molecule has 3 nitrogen and oxygen atoms in total. The maximum atomic E-state index is 9.42.